The molecule has 3 rings (SSSR count). The fourth-order valence-corrected chi connectivity index (χ4v) is 2.72. The average Bonchev–Trinajstić information content (AvgIpc) is 3.17. The van der Waals surface area contributed by atoms with Gasteiger partial charge in [0.15, 0.2) is 0 Å². The van der Waals surface area contributed by atoms with E-state index in [1.807, 2.05) is 17.8 Å². The number of nitrogens with zero attached hydrogens (tertiary/aromatic N) is 3. The Kier molecular flexibility index (Phi) is 4.01. The molecule has 0 bridgehead atoms. The van der Waals surface area contributed by atoms with Gasteiger partial charge in [0, 0.05) is 38.9 Å². The third kappa shape index (κ3) is 2.97. The first kappa shape index (κ1) is 13.8. The minimum absolute atomic E-state index is 0.121. The van der Waals surface area contributed by atoms with Crippen molar-refractivity contribution < 1.29 is 9.53 Å². The quantitative estimate of drug-likeness (QED) is 0.880. The number of carbonyl (C=O) groups excluding carboxylic acids is 1. The lowest BCUT2D eigenvalue weighted by Gasteiger charge is -2.30. The molecular formula is C14H19N5O2. The molecule has 0 spiro atoms. The Morgan fingerprint density at radius 2 is 2.29 bits per heavy atom. The van der Waals surface area contributed by atoms with Crippen molar-refractivity contribution >= 4 is 5.91 Å². The van der Waals surface area contributed by atoms with Crippen LogP contribution in [-0.2, 0) is 11.8 Å². The van der Waals surface area contributed by atoms with Crippen LogP contribution in [0.25, 0.3) is 0 Å². The maximum absolute atomic E-state index is 12.3. The summed E-state index contributed by atoms with van der Waals surface area (Å²) in [6.07, 6.45) is 7.05. The van der Waals surface area contributed by atoms with Crippen molar-refractivity contribution in [3.05, 3.63) is 36.2 Å². The molecule has 21 heavy (non-hydrogen) atoms. The number of carbonyl (C=O) groups is 1. The van der Waals surface area contributed by atoms with Gasteiger partial charge in [-0.05, 0) is 24.8 Å². The molecule has 0 radical (unpaired) electrons. The van der Waals surface area contributed by atoms with E-state index in [2.05, 4.69) is 20.5 Å². The summed E-state index contributed by atoms with van der Waals surface area (Å²) < 4.78 is 7.37. The van der Waals surface area contributed by atoms with Gasteiger partial charge >= 0.3 is 0 Å². The number of aromatic nitrogens is 4. The molecule has 1 saturated heterocycles. The molecule has 7 heteroatoms. The van der Waals surface area contributed by atoms with Crippen molar-refractivity contribution in [2.24, 2.45) is 13.0 Å². The number of aromatic amines is 1. The van der Waals surface area contributed by atoms with Gasteiger partial charge < -0.3 is 14.6 Å². The normalized spacial score (nSPS) is 17.6. The highest BCUT2D eigenvalue weighted by Crippen LogP contribution is 2.29. The molecule has 2 aromatic rings. The van der Waals surface area contributed by atoms with Crippen LogP contribution in [0.4, 0.5) is 0 Å². The van der Waals surface area contributed by atoms with Gasteiger partial charge in [-0.3, -0.25) is 9.89 Å². The molecule has 1 aliphatic heterocycles. The maximum Gasteiger partial charge on any atom is 0.269 e. The molecule has 1 unspecified atom stereocenters. The molecule has 1 amide bonds. The summed E-state index contributed by atoms with van der Waals surface area (Å²) in [7, 11) is 1.94. The third-order valence-electron chi connectivity index (χ3n) is 3.91. The number of hydrogen-bond acceptors (Lipinski definition) is 4. The van der Waals surface area contributed by atoms with Crippen LogP contribution in [0, 0.1) is 5.92 Å². The highest BCUT2D eigenvalue weighted by atomic mass is 16.5. The van der Waals surface area contributed by atoms with E-state index in [1.54, 1.807) is 18.5 Å². The number of rotatable bonds is 4. The molecule has 1 fully saturated rings. The zero-order chi connectivity index (χ0) is 14.7. The van der Waals surface area contributed by atoms with Crippen LogP contribution >= 0.6 is 0 Å². The molecule has 1 aliphatic rings. The van der Waals surface area contributed by atoms with Crippen molar-refractivity contribution in [1.82, 2.24) is 25.1 Å². The zero-order valence-electron chi connectivity index (χ0n) is 12.0. The molecule has 1 atom stereocenters. The van der Waals surface area contributed by atoms with Crippen LogP contribution in [0.15, 0.2) is 24.7 Å². The number of nitrogens with one attached hydrogen (secondary N) is 2. The Balaban J connectivity index is 1.82. The Morgan fingerprint density at radius 3 is 2.90 bits per heavy atom. The third-order valence-corrected chi connectivity index (χ3v) is 3.91. The molecule has 112 valence electrons. The highest BCUT2D eigenvalue weighted by molar-refractivity contribution is 5.92. The topological polar surface area (TPSA) is 84.8 Å². The van der Waals surface area contributed by atoms with E-state index in [-0.39, 0.29) is 11.9 Å². The fraction of sp³-hybridized carbons (Fsp3) is 0.500. The number of H-pyrrole nitrogens is 1. The van der Waals surface area contributed by atoms with Crippen LogP contribution in [-0.4, -0.2) is 38.9 Å². The van der Waals surface area contributed by atoms with E-state index >= 15 is 0 Å². The van der Waals surface area contributed by atoms with Crippen LogP contribution in [0.1, 0.15) is 35.2 Å². The second-order valence-corrected chi connectivity index (χ2v) is 5.27. The first-order valence-corrected chi connectivity index (χ1v) is 7.11. The van der Waals surface area contributed by atoms with Crippen molar-refractivity contribution in [2.75, 3.05) is 13.2 Å². The lowest BCUT2D eigenvalue weighted by atomic mass is 9.91. The van der Waals surface area contributed by atoms with Crippen LogP contribution < -0.4 is 5.32 Å². The van der Waals surface area contributed by atoms with E-state index in [4.69, 9.17) is 4.74 Å². The molecule has 2 aromatic heterocycles. The maximum atomic E-state index is 12.3. The summed E-state index contributed by atoms with van der Waals surface area (Å²) in [5.74, 6) is 1.04. The first-order valence-electron chi connectivity index (χ1n) is 7.11. The highest BCUT2D eigenvalue weighted by Gasteiger charge is 2.30. The predicted molar refractivity (Wildman–Crippen MR) is 75.5 cm³/mol. The van der Waals surface area contributed by atoms with Crippen molar-refractivity contribution in [3.63, 3.8) is 0 Å². The minimum Gasteiger partial charge on any atom is -0.381 e. The van der Waals surface area contributed by atoms with E-state index in [0.29, 0.717) is 11.6 Å². The summed E-state index contributed by atoms with van der Waals surface area (Å²) in [5, 5.41) is 9.59. The molecule has 0 aliphatic carbocycles. The SMILES string of the molecule is Cn1ccnc1C(NC(=O)c1ccn[nH]1)C1CCOCC1. The molecule has 3 heterocycles. The summed E-state index contributed by atoms with van der Waals surface area (Å²) >= 11 is 0. The summed E-state index contributed by atoms with van der Waals surface area (Å²) in [6, 6.07) is 1.54. The molecule has 0 saturated carbocycles. The lowest BCUT2D eigenvalue weighted by molar-refractivity contribution is 0.0498. The number of aryl methyl sites for hydroxylation is 1. The summed E-state index contributed by atoms with van der Waals surface area (Å²) in [6.45, 7) is 1.46. The number of imidazole rings is 1. The van der Waals surface area contributed by atoms with Gasteiger partial charge in [-0.25, -0.2) is 4.98 Å². The van der Waals surface area contributed by atoms with Gasteiger partial charge in [0.25, 0.3) is 5.91 Å². The first-order chi connectivity index (χ1) is 10.3. The minimum atomic E-state index is -0.160. The monoisotopic (exact) mass is 289 g/mol. The van der Waals surface area contributed by atoms with Crippen molar-refractivity contribution in [2.45, 2.75) is 18.9 Å². The van der Waals surface area contributed by atoms with E-state index in [1.165, 1.54) is 0 Å². The van der Waals surface area contributed by atoms with Gasteiger partial charge in [0.1, 0.15) is 11.5 Å². The average molecular weight is 289 g/mol. The van der Waals surface area contributed by atoms with Crippen LogP contribution in [0.2, 0.25) is 0 Å². The van der Waals surface area contributed by atoms with Gasteiger partial charge in [0.05, 0.1) is 6.04 Å². The zero-order valence-corrected chi connectivity index (χ0v) is 12.0. The molecule has 2 N–H and O–H groups in total. The smallest absolute Gasteiger partial charge is 0.269 e. The fourth-order valence-electron chi connectivity index (χ4n) is 2.72. The van der Waals surface area contributed by atoms with Gasteiger partial charge in [-0.2, -0.15) is 5.10 Å². The largest absolute Gasteiger partial charge is 0.381 e. The van der Waals surface area contributed by atoms with E-state index in [0.717, 1.165) is 31.9 Å². The summed E-state index contributed by atoms with van der Waals surface area (Å²) in [4.78, 5) is 16.7. The van der Waals surface area contributed by atoms with Gasteiger partial charge in [-0.1, -0.05) is 0 Å². The second kappa shape index (κ2) is 6.09. The van der Waals surface area contributed by atoms with Crippen LogP contribution in [0.5, 0.6) is 0 Å². The lowest BCUT2D eigenvalue weighted by Crippen LogP contribution is -2.37. The van der Waals surface area contributed by atoms with Crippen molar-refractivity contribution in [3.8, 4) is 0 Å². The summed E-state index contributed by atoms with van der Waals surface area (Å²) in [5.41, 5.74) is 0.460. The number of hydrogen-bond donors (Lipinski definition) is 2. The molecule has 0 aromatic carbocycles. The Morgan fingerprint density at radius 1 is 1.48 bits per heavy atom. The Hall–Kier alpha value is -2.15. The Labute approximate surface area is 122 Å². The van der Waals surface area contributed by atoms with E-state index in [9.17, 15) is 4.79 Å². The predicted octanol–water partition coefficient (Wildman–Crippen LogP) is 1.04. The molecule has 7 nitrogen and oxygen atoms in total. The van der Waals surface area contributed by atoms with E-state index < -0.39 is 0 Å². The van der Waals surface area contributed by atoms with Crippen molar-refractivity contribution in [1.29, 1.82) is 0 Å². The Bertz CT molecular complexity index is 586. The number of amides is 1. The van der Waals surface area contributed by atoms with Crippen LogP contribution in [0.3, 0.4) is 0 Å². The second-order valence-electron chi connectivity index (χ2n) is 5.27. The van der Waals surface area contributed by atoms with Gasteiger partial charge in [0.2, 0.25) is 0 Å². The van der Waals surface area contributed by atoms with Gasteiger partial charge in [-0.15, -0.1) is 0 Å². The number of ether oxygens (including phenoxy) is 1. The molecular weight excluding hydrogens is 270 g/mol. The standard InChI is InChI=1S/C14H19N5O2/c1-19-7-6-15-13(19)12(10-3-8-21-9-4-10)17-14(20)11-2-5-16-18-11/h2,5-7,10,12H,3-4,8-9H2,1H3,(H,16,18)(H,17,20).